The molecule has 0 saturated carbocycles. The minimum Gasteiger partial charge on any atom is -0.330 e. The summed E-state index contributed by atoms with van der Waals surface area (Å²) in [5.41, 5.74) is 9.63. The summed E-state index contributed by atoms with van der Waals surface area (Å²) in [7, 11) is 0. The molecule has 0 spiro atoms. The average Bonchev–Trinajstić information content (AvgIpc) is 2.41. The SMILES string of the molecule is Cc1ccc(C)c(-c2ccc(=O)n(CCCN)n2)c1. The van der Waals surface area contributed by atoms with Gasteiger partial charge in [0, 0.05) is 18.2 Å². The third-order valence-corrected chi connectivity index (χ3v) is 3.11. The number of rotatable bonds is 4. The van der Waals surface area contributed by atoms with Gasteiger partial charge in [-0.2, -0.15) is 5.10 Å². The lowest BCUT2D eigenvalue weighted by Crippen LogP contribution is -2.23. The smallest absolute Gasteiger partial charge is 0.266 e. The van der Waals surface area contributed by atoms with Gasteiger partial charge < -0.3 is 5.73 Å². The molecule has 0 fully saturated rings. The van der Waals surface area contributed by atoms with E-state index in [1.165, 1.54) is 10.2 Å². The van der Waals surface area contributed by atoms with Crippen LogP contribution in [0.1, 0.15) is 17.5 Å². The molecule has 2 N–H and O–H groups in total. The molecule has 19 heavy (non-hydrogen) atoms. The molecule has 1 aromatic heterocycles. The number of nitrogens with zero attached hydrogens (tertiary/aromatic N) is 2. The van der Waals surface area contributed by atoms with E-state index in [1.807, 2.05) is 13.8 Å². The van der Waals surface area contributed by atoms with Gasteiger partial charge in [0.2, 0.25) is 0 Å². The summed E-state index contributed by atoms with van der Waals surface area (Å²) in [4.78, 5) is 11.7. The van der Waals surface area contributed by atoms with Crippen molar-refractivity contribution in [1.82, 2.24) is 9.78 Å². The van der Waals surface area contributed by atoms with Gasteiger partial charge in [-0.3, -0.25) is 4.79 Å². The summed E-state index contributed by atoms with van der Waals surface area (Å²) in [5.74, 6) is 0. The van der Waals surface area contributed by atoms with Crippen LogP contribution in [0.15, 0.2) is 35.1 Å². The lowest BCUT2D eigenvalue weighted by atomic mass is 10.0. The van der Waals surface area contributed by atoms with E-state index in [-0.39, 0.29) is 5.56 Å². The summed E-state index contributed by atoms with van der Waals surface area (Å²) in [6.07, 6.45) is 0.753. The normalized spacial score (nSPS) is 10.7. The van der Waals surface area contributed by atoms with Gasteiger partial charge in [0.1, 0.15) is 0 Å². The van der Waals surface area contributed by atoms with Crippen LogP contribution in [-0.2, 0) is 6.54 Å². The van der Waals surface area contributed by atoms with Crippen LogP contribution in [0, 0.1) is 13.8 Å². The van der Waals surface area contributed by atoms with E-state index in [0.29, 0.717) is 13.1 Å². The second-order valence-electron chi connectivity index (χ2n) is 4.74. The molecule has 0 amide bonds. The van der Waals surface area contributed by atoms with Crippen molar-refractivity contribution in [2.24, 2.45) is 5.73 Å². The Kier molecular flexibility index (Phi) is 4.12. The zero-order valence-corrected chi connectivity index (χ0v) is 11.4. The molecule has 0 aliphatic carbocycles. The van der Waals surface area contributed by atoms with Crippen molar-refractivity contribution in [3.05, 3.63) is 51.8 Å². The number of aromatic nitrogens is 2. The van der Waals surface area contributed by atoms with Crippen LogP contribution >= 0.6 is 0 Å². The molecule has 0 saturated heterocycles. The fourth-order valence-corrected chi connectivity index (χ4v) is 2.01. The van der Waals surface area contributed by atoms with Crippen molar-refractivity contribution in [3.8, 4) is 11.3 Å². The van der Waals surface area contributed by atoms with E-state index in [4.69, 9.17) is 5.73 Å². The lowest BCUT2D eigenvalue weighted by molar-refractivity contribution is 0.556. The zero-order valence-electron chi connectivity index (χ0n) is 11.4. The molecule has 100 valence electrons. The molecule has 4 nitrogen and oxygen atoms in total. The van der Waals surface area contributed by atoms with Gasteiger partial charge in [-0.05, 0) is 44.5 Å². The Morgan fingerprint density at radius 3 is 2.74 bits per heavy atom. The molecule has 2 aromatic rings. The highest BCUT2D eigenvalue weighted by molar-refractivity contribution is 5.63. The second-order valence-corrected chi connectivity index (χ2v) is 4.74. The van der Waals surface area contributed by atoms with E-state index < -0.39 is 0 Å². The monoisotopic (exact) mass is 257 g/mol. The summed E-state index contributed by atoms with van der Waals surface area (Å²) in [6, 6.07) is 9.59. The summed E-state index contributed by atoms with van der Waals surface area (Å²) in [5, 5.41) is 4.43. The molecule has 1 heterocycles. The minimum absolute atomic E-state index is 0.0810. The molecule has 0 aliphatic heterocycles. The van der Waals surface area contributed by atoms with Gasteiger partial charge in [-0.1, -0.05) is 17.7 Å². The van der Waals surface area contributed by atoms with E-state index >= 15 is 0 Å². The van der Waals surface area contributed by atoms with Crippen LogP contribution in [-0.4, -0.2) is 16.3 Å². The summed E-state index contributed by atoms with van der Waals surface area (Å²) < 4.78 is 1.49. The lowest BCUT2D eigenvalue weighted by Gasteiger charge is -2.09. The van der Waals surface area contributed by atoms with Crippen LogP contribution in [0.25, 0.3) is 11.3 Å². The number of hydrogen-bond acceptors (Lipinski definition) is 3. The Labute approximate surface area is 112 Å². The molecular weight excluding hydrogens is 238 g/mol. The maximum atomic E-state index is 11.7. The summed E-state index contributed by atoms with van der Waals surface area (Å²) >= 11 is 0. The van der Waals surface area contributed by atoms with Gasteiger partial charge in [0.25, 0.3) is 5.56 Å². The number of benzene rings is 1. The maximum Gasteiger partial charge on any atom is 0.266 e. The van der Waals surface area contributed by atoms with Gasteiger partial charge in [0.05, 0.1) is 5.69 Å². The van der Waals surface area contributed by atoms with Gasteiger partial charge in [-0.25, -0.2) is 4.68 Å². The van der Waals surface area contributed by atoms with Crippen LogP contribution in [0.2, 0.25) is 0 Å². The van der Waals surface area contributed by atoms with Crippen molar-refractivity contribution in [2.75, 3.05) is 6.54 Å². The molecule has 1 aromatic carbocycles. The van der Waals surface area contributed by atoms with Crippen molar-refractivity contribution in [1.29, 1.82) is 0 Å². The first-order chi connectivity index (χ1) is 9.11. The van der Waals surface area contributed by atoms with Gasteiger partial charge >= 0.3 is 0 Å². The molecule has 0 radical (unpaired) electrons. The maximum absolute atomic E-state index is 11.7. The number of nitrogens with two attached hydrogens (primary N) is 1. The van der Waals surface area contributed by atoms with Crippen molar-refractivity contribution in [2.45, 2.75) is 26.8 Å². The Bertz CT molecular complexity index is 632. The number of aryl methyl sites for hydroxylation is 3. The fraction of sp³-hybridized carbons (Fsp3) is 0.333. The average molecular weight is 257 g/mol. The highest BCUT2D eigenvalue weighted by Gasteiger charge is 2.06. The van der Waals surface area contributed by atoms with Gasteiger partial charge in [0.15, 0.2) is 0 Å². The van der Waals surface area contributed by atoms with Crippen molar-refractivity contribution < 1.29 is 0 Å². The predicted molar refractivity (Wildman–Crippen MR) is 77.1 cm³/mol. The largest absolute Gasteiger partial charge is 0.330 e. The first-order valence-electron chi connectivity index (χ1n) is 6.47. The van der Waals surface area contributed by atoms with Crippen LogP contribution in [0.5, 0.6) is 0 Å². The van der Waals surface area contributed by atoms with Crippen molar-refractivity contribution in [3.63, 3.8) is 0 Å². The van der Waals surface area contributed by atoms with Crippen LogP contribution in [0.4, 0.5) is 0 Å². The zero-order chi connectivity index (χ0) is 13.8. The first kappa shape index (κ1) is 13.5. The van der Waals surface area contributed by atoms with Crippen LogP contribution < -0.4 is 11.3 Å². The Morgan fingerprint density at radius 2 is 2.00 bits per heavy atom. The summed E-state index contributed by atoms with van der Waals surface area (Å²) in [6.45, 7) is 5.22. The predicted octanol–water partition coefficient (Wildman–Crippen LogP) is 1.88. The molecule has 0 aliphatic rings. The standard InChI is InChI=1S/C15H19N3O/c1-11-4-5-12(2)13(10-11)14-6-7-15(19)18(17-14)9-3-8-16/h4-7,10H,3,8-9,16H2,1-2H3. The van der Waals surface area contributed by atoms with E-state index in [0.717, 1.165) is 23.2 Å². The highest BCUT2D eigenvalue weighted by Crippen LogP contribution is 2.21. The molecule has 0 unspecified atom stereocenters. The Balaban J connectivity index is 2.45. The Hall–Kier alpha value is -1.94. The van der Waals surface area contributed by atoms with Crippen LogP contribution in [0.3, 0.4) is 0 Å². The molecule has 0 bridgehead atoms. The minimum atomic E-state index is -0.0810. The van der Waals surface area contributed by atoms with Gasteiger partial charge in [-0.15, -0.1) is 0 Å². The molecule has 4 heteroatoms. The second kappa shape index (κ2) is 5.80. The Morgan fingerprint density at radius 1 is 1.21 bits per heavy atom. The fourth-order valence-electron chi connectivity index (χ4n) is 2.01. The van der Waals surface area contributed by atoms with E-state index in [9.17, 15) is 4.79 Å². The molecule has 2 rings (SSSR count). The van der Waals surface area contributed by atoms with E-state index in [1.54, 1.807) is 12.1 Å². The topological polar surface area (TPSA) is 60.9 Å². The number of hydrogen-bond donors (Lipinski definition) is 1. The quantitative estimate of drug-likeness (QED) is 0.909. The van der Waals surface area contributed by atoms with Crippen molar-refractivity contribution >= 4 is 0 Å². The third kappa shape index (κ3) is 3.09. The van der Waals surface area contributed by atoms with E-state index in [2.05, 4.69) is 23.3 Å². The first-order valence-corrected chi connectivity index (χ1v) is 6.47. The highest BCUT2D eigenvalue weighted by atomic mass is 16.1. The third-order valence-electron chi connectivity index (χ3n) is 3.11. The molecule has 0 atom stereocenters. The molecular formula is C15H19N3O.